The maximum atomic E-state index is 6.72. The molecule has 0 amide bonds. The monoisotopic (exact) mass is 272 g/mol. The van der Waals surface area contributed by atoms with Gasteiger partial charge in [-0.3, -0.25) is 4.68 Å². The lowest BCUT2D eigenvalue weighted by Gasteiger charge is -2.35. The van der Waals surface area contributed by atoms with Crippen LogP contribution in [0, 0.1) is 0 Å². The summed E-state index contributed by atoms with van der Waals surface area (Å²) in [5, 5.41) is 4.13. The quantitative estimate of drug-likeness (QED) is 0.920. The van der Waals surface area contributed by atoms with Gasteiger partial charge in [-0.2, -0.15) is 5.10 Å². The molecule has 106 valence electrons. The van der Waals surface area contributed by atoms with Gasteiger partial charge in [0.1, 0.15) is 17.9 Å². The zero-order valence-electron chi connectivity index (χ0n) is 12.0. The second-order valence-electron chi connectivity index (χ2n) is 5.51. The van der Waals surface area contributed by atoms with Gasteiger partial charge in [0.2, 0.25) is 0 Å². The highest BCUT2D eigenvalue weighted by Crippen LogP contribution is 2.37. The van der Waals surface area contributed by atoms with Crippen LogP contribution in [0.5, 0.6) is 5.75 Å². The highest BCUT2D eigenvalue weighted by Gasteiger charge is 2.34. The number of ether oxygens (including phenoxy) is 1. The normalized spacial score (nSPS) is 21.6. The van der Waals surface area contributed by atoms with Crippen LogP contribution in [-0.4, -0.2) is 21.9 Å². The Kier molecular flexibility index (Phi) is 3.22. The molecule has 20 heavy (non-hydrogen) atoms. The van der Waals surface area contributed by atoms with Crippen molar-refractivity contribution in [2.75, 3.05) is 7.11 Å². The predicted octanol–water partition coefficient (Wildman–Crippen LogP) is 1.56. The zero-order chi connectivity index (χ0) is 14.2. The van der Waals surface area contributed by atoms with E-state index in [2.05, 4.69) is 22.2 Å². The molecule has 2 N–H and O–H groups in total. The van der Waals surface area contributed by atoms with Crippen LogP contribution in [-0.2, 0) is 25.4 Å². The van der Waals surface area contributed by atoms with Crippen LogP contribution < -0.4 is 10.5 Å². The molecular formula is C15H20N4O. The largest absolute Gasteiger partial charge is 0.497 e. The highest BCUT2D eigenvalue weighted by molar-refractivity contribution is 5.42. The zero-order valence-corrected chi connectivity index (χ0v) is 12.0. The van der Waals surface area contributed by atoms with Crippen LogP contribution in [0.2, 0.25) is 0 Å². The molecule has 0 fully saturated rings. The number of aromatic nitrogens is 3. The number of fused-ring (bicyclic) bond motifs is 1. The van der Waals surface area contributed by atoms with E-state index in [1.807, 2.05) is 13.1 Å². The van der Waals surface area contributed by atoms with Gasteiger partial charge in [-0.05, 0) is 42.5 Å². The Labute approximate surface area is 118 Å². The van der Waals surface area contributed by atoms with Crippen LogP contribution in [0.15, 0.2) is 24.5 Å². The molecule has 0 saturated carbocycles. The Morgan fingerprint density at radius 3 is 3.00 bits per heavy atom. The Morgan fingerprint density at radius 1 is 1.45 bits per heavy atom. The van der Waals surface area contributed by atoms with E-state index in [1.165, 1.54) is 11.1 Å². The van der Waals surface area contributed by atoms with Gasteiger partial charge in [-0.25, -0.2) is 4.98 Å². The molecule has 1 heterocycles. The minimum Gasteiger partial charge on any atom is -0.497 e. The predicted molar refractivity (Wildman–Crippen MR) is 76.5 cm³/mol. The standard InChI is InChI=1S/C15H20N4O/c1-19-14(17-10-18-19)9-15(16)7-3-4-11-5-6-12(20-2)8-13(11)15/h5-6,8,10H,3-4,7,9,16H2,1-2H3. The summed E-state index contributed by atoms with van der Waals surface area (Å²) < 4.78 is 7.14. The summed E-state index contributed by atoms with van der Waals surface area (Å²) in [5.74, 6) is 1.78. The smallest absolute Gasteiger partial charge is 0.138 e. The average Bonchev–Trinajstić information content (AvgIpc) is 2.84. The second-order valence-corrected chi connectivity index (χ2v) is 5.51. The van der Waals surface area contributed by atoms with Crippen LogP contribution in [0.1, 0.15) is 29.8 Å². The van der Waals surface area contributed by atoms with Crippen molar-refractivity contribution in [3.63, 3.8) is 0 Å². The Hall–Kier alpha value is -1.88. The van der Waals surface area contributed by atoms with Crippen molar-refractivity contribution in [1.82, 2.24) is 14.8 Å². The number of nitrogens with zero attached hydrogens (tertiary/aromatic N) is 3. The summed E-state index contributed by atoms with van der Waals surface area (Å²) in [7, 11) is 3.59. The maximum absolute atomic E-state index is 6.72. The number of rotatable bonds is 3. The summed E-state index contributed by atoms with van der Waals surface area (Å²) >= 11 is 0. The number of methoxy groups -OCH3 is 1. The van der Waals surface area contributed by atoms with Gasteiger partial charge in [0, 0.05) is 19.0 Å². The second kappa shape index (κ2) is 4.90. The molecule has 0 bridgehead atoms. The number of hydrogen-bond acceptors (Lipinski definition) is 4. The van der Waals surface area contributed by atoms with E-state index in [0.717, 1.165) is 30.8 Å². The molecule has 1 aromatic heterocycles. The topological polar surface area (TPSA) is 66.0 Å². The van der Waals surface area contributed by atoms with Gasteiger partial charge in [-0.15, -0.1) is 0 Å². The molecule has 2 aromatic rings. The summed E-state index contributed by atoms with van der Waals surface area (Å²) in [5.41, 5.74) is 8.84. The van der Waals surface area contributed by atoms with E-state index in [9.17, 15) is 0 Å². The van der Waals surface area contributed by atoms with Crippen molar-refractivity contribution < 1.29 is 4.74 Å². The minimum atomic E-state index is -0.386. The third kappa shape index (κ3) is 2.18. The van der Waals surface area contributed by atoms with Crippen molar-refractivity contribution >= 4 is 0 Å². The Morgan fingerprint density at radius 2 is 2.30 bits per heavy atom. The van der Waals surface area contributed by atoms with E-state index < -0.39 is 0 Å². The molecule has 1 unspecified atom stereocenters. The summed E-state index contributed by atoms with van der Waals surface area (Å²) in [6.45, 7) is 0. The Bertz CT molecular complexity index is 622. The number of benzene rings is 1. The molecule has 3 rings (SSSR count). The van der Waals surface area contributed by atoms with Gasteiger partial charge in [0.15, 0.2) is 0 Å². The number of nitrogens with two attached hydrogens (primary N) is 1. The van der Waals surface area contributed by atoms with E-state index in [4.69, 9.17) is 10.5 Å². The molecule has 0 spiro atoms. The molecule has 1 aliphatic carbocycles. The first-order valence-corrected chi connectivity index (χ1v) is 6.91. The van der Waals surface area contributed by atoms with Crippen molar-refractivity contribution in [3.8, 4) is 5.75 Å². The molecular weight excluding hydrogens is 252 g/mol. The fraction of sp³-hybridized carbons (Fsp3) is 0.467. The molecule has 5 nitrogen and oxygen atoms in total. The minimum absolute atomic E-state index is 0.386. The average molecular weight is 272 g/mol. The van der Waals surface area contributed by atoms with Gasteiger partial charge in [0.05, 0.1) is 7.11 Å². The van der Waals surface area contributed by atoms with Crippen LogP contribution in [0.3, 0.4) is 0 Å². The van der Waals surface area contributed by atoms with Gasteiger partial charge in [-0.1, -0.05) is 6.07 Å². The third-order valence-electron chi connectivity index (χ3n) is 4.20. The van der Waals surface area contributed by atoms with Crippen LogP contribution in [0.25, 0.3) is 0 Å². The van der Waals surface area contributed by atoms with Crippen molar-refractivity contribution in [2.24, 2.45) is 12.8 Å². The summed E-state index contributed by atoms with van der Waals surface area (Å²) in [4.78, 5) is 4.31. The first-order chi connectivity index (χ1) is 9.62. The summed E-state index contributed by atoms with van der Waals surface area (Å²) in [6, 6.07) is 6.21. The van der Waals surface area contributed by atoms with Crippen LogP contribution in [0.4, 0.5) is 0 Å². The maximum Gasteiger partial charge on any atom is 0.138 e. The first-order valence-electron chi connectivity index (χ1n) is 6.91. The molecule has 0 aliphatic heterocycles. The lowest BCUT2D eigenvalue weighted by molar-refractivity contribution is 0.352. The fourth-order valence-electron chi connectivity index (χ4n) is 3.04. The van der Waals surface area contributed by atoms with Crippen molar-refractivity contribution in [1.29, 1.82) is 0 Å². The van der Waals surface area contributed by atoms with Crippen LogP contribution >= 0.6 is 0 Å². The Balaban J connectivity index is 2.01. The van der Waals surface area contributed by atoms with Gasteiger partial charge in [0.25, 0.3) is 0 Å². The highest BCUT2D eigenvalue weighted by atomic mass is 16.5. The number of aryl methyl sites for hydroxylation is 2. The van der Waals surface area contributed by atoms with E-state index in [-0.39, 0.29) is 5.54 Å². The molecule has 0 radical (unpaired) electrons. The van der Waals surface area contributed by atoms with Gasteiger partial charge >= 0.3 is 0 Å². The SMILES string of the molecule is COc1ccc2c(c1)C(N)(Cc1ncnn1C)CCC2. The lowest BCUT2D eigenvalue weighted by Crippen LogP contribution is -2.42. The third-order valence-corrected chi connectivity index (χ3v) is 4.20. The lowest BCUT2D eigenvalue weighted by atomic mass is 9.75. The van der Waals surface area contributed by atoms with Gasteiger partial charge < -0.3 is 10.5 Å². The molecule has 5 heteroatoms. The van der Waals surface area contributed by atoms with E-state index >= 15 is 0 Å². The first kappa shape index (κ1) is 13.1. The van der Waals surface area contributed by atoms with Crippen molar-refractivity contribution in [3.05, 3.63) is 41.5 Å². The molecule has 0 saturated heterocycles. The number of hydrogen-bond donors (Lipinski definition) is 1. The fourth-order valence-corrected chi connectivity index (χ4v) is 3.04. The van der Waals surface area contributed by atoms with Crippen molar-refractivity contribution in [2.45, 2.75) is 31.2 Å². The van der Waals surface area contributed by atoms with E-state index in [1.54, 1.807) is 18.1 Å². The summed E-state index contributed by atoms with van der Waals surface area (Å²) in [6.07, 6.45) is 5.42. The van der Waals surface area contributed by atoms with E-state index in [0.29, 0.717) is 6.42 Å². The molecule has 1 aromatic carbocycles. The molecule has 1 atom stereocenters. The molecule has 1 aliphatic rings.